The molecule has 0 saturated heterocycles. The van der Waals surface area contributed by atoms with Gasteiger partial charge in [-0.15, -0.1) is 0 Å². The first-order valence-corrected chi connectivity index (χ1v) is 13.7. The number of ether oxygens (including phenoxy) is 4. The van der Waals surface area contributed by atoms with Crippen LogP contribution in [-0.4, -0.2) is 67.9 Å². The molecule has 0 spiro atoms. The molecule has 0 heterocycles. The molecule has 0 aliphatic rings. The van der Waals surface area contributed by atoms with Crippen molar-refractivity contribution in [2.75, 3.05) is 59.5 Å². The van der Waals surface area contributed by atoms with Crippen LogP contribution in [0.25, 0.3) is 0 Å². The van der Waals surface area contributed by atoms with Gasteiger partial charge in [0.2, 0.25) is 0 Å². The molecule has 0 unspecified atom stereocenters. The largest absolute Gasteiger partial charge is 0.379 e. The highest BCUT2D eigenvalue weighted by Gasteiger charge is 2.14. The fraction of sp³-hybridized carbons (Fsp3) is 0.760. The van der Waals surface area contributed by atoms with Crippen molar-refractivity contribution in [1.29, 1.82) is 0 Å². The quantitative estimate of drug-likeness (QED) is 0.160. The van der Waals surface area contributed by atoms with Crippen molar-refractivity contribution in [3.63, 3.8) is 0 Å². The van der Waals surface area contributed by atoms with E-state index in [9.17, 15) is 8.42 Å². The van der Waals surface area contributed by atoms with Gasteiger partial charge in [0.15, 0.2) is 0 Å². The summed E-state index contributed by atoms with van der Waals surface area (Å²) in [4.78, 5) is 0.148. The Morgan fingerprint density at radius 1 is 0.576 bits per heavy atom. The molecule has 0 radical (unpaired) electrons. The van der Waals surface area contributed by atoms with Gasteiger partial charge in [0.25, 0.3) is 10.1 Å². The third-order valence-corrected chi connectivity index (χ3v) is 6.36. The standard InChI is InChI=1S/C25H44O7S/c1-3-4-5-6-7-8-9-10-15-28-16-17-29-18-19-30-20-21-31-22-23-32-33(26,27)25-13-11-24(2)12-14-25/h11-14H,3-10,15-23H2,1-2H3. The molecule has 0 aliphatic heterocycles. The van der Waals surface area contributed by atoms with E-state index < -0.39 is 10.1 Å². The second-order valence-corrected chi connectivity index (χ2v) is 9.63. The molecule has 0 aliphatic carbocycles. The molecule has 1 rings (SSSR count). The molecule has 0 aromatic heterocycles. The van der Waals surface area contributed by atoms with Crippen LogP contribution >= 0.6 is 0 Å². The van der Waals surface area contributed by atoms with Crippen molar-refractivity contribution < 1.29 is 31.5 Å². The van der Waals surface area contributed by atoms with Crippen LogP contribution in [0.1, 0.15) is 63.9 Å². The zero-order valence-electron chi connectivity index (χ0n) is 20.6. The molecule has 0 saturated carbocycles. The fourth-order valence-electron chi connectivity index (χ4n) is 3.08. The normalized spacial score (nSPS) is 11.8. The Morgan fingerprint density at radius 3 is 1.52 bits per heavy atom. The maximum Gasteiger partial charge on any atom is 0.297 e. The Kier molecular flexibility index (Phi) is 18.5. The van der Waals surface area contributed by atoms with Gasteiger partial charge >= 0.3 is 0 Å². The first-order valence-electron chi connectivity index (χ1n) is 12.3. The minimum Gasteiger partial charge on any atom is -0.379 e. The average molecular weight is 489 g/mol. The third-order valence-electron chi connectivity index (χ3n) is 5.03. The first kappa shape index (κ1) is 30.0. The zero-order chi connectivity index (χ0) is 24.0. The van der Waals surface area contributed by atoms with Gasteiger partial charge in [0.1, 0.15) is 0 Å². The highest BCUT2D eigenvalue weighted by Crippen LogP contribution is 2.13. The zero-order valence-corrected chi connectivity index (χ0v) is 21.4. The van der Waals surface area contributed by atoms with Gasteiger partial charge in [-0.2, -0.15) is 8.42 Å². The van der Waals surface area contributed by atoms with Gasteiger partial charge in [-0.3, -0.25) is 4.18 Å². The summed E-state index contributed by atoms with van der Waals surface area (Å²) in [5.74, 6) is 0. The monoisotopic (exact) mass is 488 g/mol. The van der Waals surface area contributed by atoms with E-state index in [1.54, 1.807) is 12.1 Å². The van der Waals surface area contributed by atoms with Gasteiger partial charge < -0.3 is 18.9 Å². The van der Waals surface area contributed by atoms with Crippen molar-refractivity contribution in [3.8, 4) is 0 Å². The van der Waals surface area contributed by atoms with Crippen molar-refractivity contribution in [3.05, 3.63) is 29.8 Å². The minimum absolute atomic E-state index is 0.0295. The van der Waals surface area contributed by atoms with Crippen LogP contribution in [0, 0.1) is 6.92 Å². The van der Waals surface area contributed by atoms with Gasteiger partial charge in [-0.25, -0.2) is 0 Å². The lowest BCUT2D eigenvalue weighted by molar-refractivity contribution is -0.00468. The van der Waals surface area contributed by atoms with Crippen molar-refractivity contribution in [1.82, 2.24) is 0 Å². The molecule has 8 heteroatoms. The van der Waals surface area contributed by atoms with Gasteiger partial charge in [0, 0.05) is 6.61 Å². The minimum atomic E-state index is -3.74. The molecule has 0 amide bonds. The summed E-state index contributed by atoms with van der Waals surface area (Å²) < 4.78 is 50.8. The number of rotatable bonds is 23. The predicted molar refractivity (Wildman–Crippen MR) is 130 cm³/mol. The van der Waals surface area contributed by atoms with E-state index in [1.165, 1.54) is 57.1 Å². The maximum absolute atomic E-state index is 12.0. The van der Waals surface area contributed by atoms with Crippen LogP contribution in [0.2, 0.25) is 0 Å². The van der Waals surface area contributed by atoms with Crippen molar-refractivity contribution in [2.45, 2.75) is 70.1 Å². The molecule has 1 aromatic carbocycles. The van der Waals surface area contributed by atoms with E-state index in [1.807, 2.05) is 6.92 Å². The predicted octanol–water partition coefficient (Wildman–Crippen LogP) is 4.91. The van der Waals surface area contributed by atoms with E-state index in [2.05, 4.69) is 6.92 Å². The van der Waals surface area contributed by atoms with Crippen molar-refractivity contribution >= 4 is 10.1 Å². The molecule has 0 atom stereocenters. The highest BCUT2D eigenvalue weighted by atomic mass is 32.2. The van der Waals surface area contributed by atoms with Crippen LogP contribution in [-0.2, 0) is 33.2 Å². The Morgan fingerprint density at radius 2 is 1.00 bits per heavy atom. The molecular formula is C25H44O7S. The number of aryl methyl sites for hydroxylation is 1. The Balaban J connectivity index is 1.79. The molecule has 0 bridgehead atoms. The van der Waals surface area contributed by atoms with Gasteiger partial charge in [0.05, 0.1) is 57.8 Å². The SMILES string of the molecule is CCCCCCCCCCOCCOCCOCCOCCOS(=O)(=O)c1ccc(C)cc1. The van der Waals surface area contributed by atoms with Crippen LogP contribution < -0.4 is 0 Å². The summed E-state index contributed by atoms with van der Waals surface area (Å²) in [6, 6.07) is 6.54. The van der Waals surface area contributed by atoms with Crippen LogP contribution in [0.4, 0.5) is 0 Å². The Hall–Kier alpha value is -1.03. The average Bonchev–Trinajstić information content (AvgIpc) is 2.80. The molecule has 33 heavy (non-hydrogen) atoms. The summed E-state index contributed by atoms with van der Waals surface area (Å²) in [5, 5.41) is 0. The lowest BCUT2D eigenvalue weighted by Gasteiger charge is -2.08. The molecular weight excluding hydrogens is 444 g/mol. The van der Waals surface area contributed by atoms with E-state index in [4.69, 9.17) is 23.1 Å². The topological polar surface area (TPSA) is 80.3 Å². The number of benzene rings is 1. The number of hydrogen-bond donors (Lipinski definition) is 0. The van der Waals surface area contributed by atoms with E-state index in [0.29, 0.717) is 39.6 Å². The lowest BCUT2D eigenvalue weighted by Crippen LogP contribution is -2.15. The molecule has 0 N–H and O–H groups in total. The van der Waals surface area contributed by atoms with Crippen LogP contribution in [0.15, 0.2) is 29.2 Å². The van der Waals surface area contributed by atoms with Gasteiger partial charge in [-0.05, 0) is 25.5 Å². The van der Waals surface area contributed by atoms with Crippen molar-refractivity contribution in [2.24, 2.45) is 0 Å². The first-order chi connectivity index (χ1) is 16.1. The summed E-state index contributed by atoms with van der Waals surface area (Å²) in [5.41, 5.74) is 0.991. The Bertz CT molecular complexity index is 662. The maximum atomic E-state index is 12.0. The molecule has 7 nitrogen and oxygen atoms in total. The van der Waals surface area contributed by atoms with E-state index in [-0.39, 0.29) is 18.1 Å². The van der Waals surface area contributed by atoms with Gasteiger partial charge in [-0.1, -0.05) is 69.6 Å². The van der Waals surface area contributed by atoms with E-state index >= 15 is 0 Å². The summed E-state index contributed by atoms with van der Waals surface area (Å²) >= 11 is 0. The summed E-state index contributed by atoms with van der Waals surface area (Å²) in [7, 11) is -3.74. The lowest BCUT2D eigenvalue weighted by atomic mass is 10.1. The molecule has 192 valence electrons. The molecule has 0 fully saturated rings. The third kappa shape index (κ3) is 17.1. The summed E-state index contributed by atoms with van der Waals surface area (Å²) in [6.45, 7) is 8.08. The van der Waals surface area contributed by atoms with Crippen LogP contribution in [0.5, 0.6) is 0 Å². The second kappa shape index (κ2) is 20.4. The second-order valence-electron chi connectivity index (χ2n) is 8.01. The molecule has 1 aromatic rings. The van der Waals surface area contributed by atoms with Crippen LogP contribution in [0.3, 0.4) is 0 Å². The highest BCUT2D eigenvalue weighted by molar-refractivity contribution is 7.86. The number of unbranched alkanes of at least 4 members (excludes halogenated alkanes) is 7. The fourth-order valence-corrected chi connectivity index (χ4v) is 3.97. The Labute approximate surface area is 201 Å². The van der Waals surface area contributed by atoms with E-state index in [0.717, 1.165) is 18.6 Å². The smallest absolute Gasteiger partial charge is 0.297 e. The summed E-state index contributed by atoms with van der Waals surface area (Å²) in [6.07, 6.45) is 10.4. The number of hydrogen-bond acceptors (Lipinski definition) is 7.